The number of benzene rings is 1. The molecule has 0 saturated heterocycles. The summed E-state index contributed by atoms with van der Waals surface area (Å²) in [7, 11) is 0. The molecule has 0 bridgehead atoms. The lowest BCUT2D eigenvalue weighted by molar-refractivity contribution is 0.318. The molecule has 1 N–H and O–H groups in total. The van der Waals surface area contributed by atoms with Gasteiger partial charge in [0.25, 0.3) is 0 Å². The number of nitrogens with zero attached hydrogens (tertiary/aromatic N) is 4. The average Bonchev–Trinajstić information content (AvgIpc) is 2.84. The molecule has 24 heavy (non-hydrogen) atoms. The SMILES string of the molecule is CCOc1cc(C=C(C#N)c2nnc3n2CCCCC3)ccc1O. The van der Waals surface area contributed by atoms with Crippen molar-refractivity contribution in [2.75, 3.05) is 6.61 Å². The molecule has 0 spiro atoms. The Morgan fingerprint density at radius 2 is 2.25 bits per heavy atom. The number of phenolic OH excluding ortho intramolecular Hbond substituents is 1. The number of hydrogen-bond acceptors (Lipinski definition) is 5. The summed E-state index contributed by atoms with van der Waals surface area (Å²) in [5.74, 6) is 2.05. The monoisotopic (exact) mass is 324 g/mol. The highest BCUT2D eigenvalue weighted by atomic mass is 16.5. The molecule has 6 nitrogen and oxygen atoms in total. The Hall–Kier alpha value is -2.81. The van der Waals surface area contributed by atoms with Crippen LogP contribution in [0.25, 0.3) is 11.6 Å². The van der Waals surface area contributed by atoms with Crippen LogP contribution in [0.5, 0.6) is 11.5 Å². The van der Waals surface area contributed by atoms with Crippen molar-refractivity contribution < 1.29 is 9.84 Å². The summed E-state index contributed by atoms with van der Waals surface area (Å²) < 4.78 is 7.44. The molecule has 1 aromatic heterocycles. The standard InChI is InChI=1S/C18H20N4O2/c1-2-24-16-11-13(7-8-15(16)23)10-14(12-19)18-21-20-17-6-4-3-5-9-22(17)18/h7-8,10-11,23H,2-6,9H2,1H3. The van der Waals surface area contributed by atoms with Crippen LogP contribution < -0.4 is 4.74 Å². The molecule has 0 fully saturated rings. The molecule has 0 unspecified atom stereocenters. The average molecular weight is 324 g/mol. The van der Waals surface area contributed by atoms with Crippen molar-refractivity contribution in [3.8, 4) is 17.6 Å². The maximum Gasteiger partial charge on any atom is 0.174 e. The first kappa shape index (κ1) is 16.1. The highest BCUT2D eigenvalue weighted by molar-refractivity contribution is 5.87. The second-order valence-electron chi connectivity index (χ2n) is 5.73. The Kier molecular flexibility index (Phi) is 4.80. The van der Waals surface area contributed by atoms with E-state index in [-0.39, 0.29) is 5.75 Å². The topological polar surface area (TPSA) is 84.0 Å². The summed E-state index contributed by atoms with van der Waals surface area (Å²) in [6.45, 7) is 3.16. The number of phenols is 1. The number of aryl methyl sites for hydroxylation is 1. The molecule has 3 rings (SSSR count). The molecule has 1 aliphatic heterocycles. The molecule has 1 aromatic carbocycles. The molecule has 2 aromatic rings. The first-order valence-corrected chi connectivity index (χ1v) is 8.23. The third-order valence-corrected chi connectivity index (χ3v) is 4.07. The smallest absolute Gasteiger partial charge is 0.174 e. The Morgan fingerprint density at radius 1 is 1.38 bits per heavy atom. The molecule has 6 heteroatoms. The summed E-state index contributed by atoms with van der Waals surface area (Å²) in [6, 6.07) is 7.25. The fourth-order valence-corrected chi connectivity index (χ4v) is 2.89. The van der Waals surface area contributed by atoms with Crippen molar-refractivity contribution in [1.29, 1.82) is 5.26 Å². The predicted octanol–water partition coefficient (Wildman–Crippen LogP) is 3.17. The Bertz CT molecular complexity index is 802. The molecule has 2 heterocycles. The number of hydrogen-bond donors (Lipinski definition) is 1. The van der Waals surface area contributed by atoms with E-state index in [1.807, 2.05) is 11.5 Å². The van der Waals surface area contributed by atoms with Gasteiger partial charge in [-0.1, -0.05) is 12.5 Å². The zero-order valence-electron chi connectivity index (χ0n) is 13.7. The second kappa shape index (κ2) is 7.18. The van der Waals surface area contributed by atoms with Crippen LogP contribution in [0.2, 0.25) is 0 Å². The summed E-state index contributed by atoms with van der Waals surface area (Å²) in [6.07, 6.45) is 6.01. The van der Waals surface area contributed by atoms with Crippen molar-refractivity contribution in [3.63, 3.8) is 0 Å². The van der Waals surface area contributed by atoms with Crippen LogP contribution in [0.3, 0.4) is 0 Å². The van der Waals surface area contributed by atoms with Gasteiger partial charge < -0.3 is 14.4 Å². The molecular formula is C18H20N4O2. The van der Waals surface area contributed by atoms with E-state index in [0.717, 1.165) is 37.2 Å². The first-order chi connectivity index (χ1) is 11.7. The van der Waals surface area contributed by atoms with Crippen LogP contribution in [0.4, 0.5) is 0 Å². The lowest BCUT2D eigenvalue weighted by atomic mass is 10.1. The molecule has 0 saturated carbocycles. The highest BCUT2D eigenvalue weighted by Gasteiger charge is 2.17. The highest BCUT2D eigenvalue weighted by Crippen LogP contribution is 2.29. The second-order valence-corrected chi connectivity index (χ2v) is 5.73. The van der Waals surface area contributed by atoms with Gasteiger partial charge in [0, 0.05) is 13.0 Å². The lowest BCUT2D eigenvalue weighted by Crippen LogP contribution is -2.05. The van der Waals surface area contributed by atoms with Crippen LogP contribution in [0, 0.1) is 11.3 Å². The minimum absolute atomic E-state index is 0.0869. The van der Waals surface area contributed by atoms with Crippen LogP contribution in [-0.4, -0.2) is 26.5 Å². The van der Waals surface area contributed by atoms with Gasteiger partial charge in [-0.15, -0.1) is 10.2 Å². The number of rotatable bonds is 4. The molecule has 0 amide bonds. The summed E-state index contributed by atoms with van der Waals surface area (Å²) >= 11 is 0. The van der Waals surface area contributed by atoms with Crippen molar-refractivity contribution in [2.45, 2.75) is 39.2 Å². The first-order valence-electron chi connectivity index (χ1n) is 8.23. The fraction of sp³-hybridized carbons (Fsp3) is 0.389. The van der Waals surface area contributed by atoms with E-state index in [1.165, 1.54) is 6.42 Å². The Balaban J connectivity index is 1.98. The normalized spacial score (nSPS) is 14.6. The fourth-order valence-electron chi connectivity index (χ4n) is 2.89. The van der Waals surface area contributed by atoms with Crippen molar-refractivity contribution >= 4 is 11.6 Å². The minimum Gasteiger partial charge on any atom is -0.504 e. The van der Waals surface area contributed by atoms with Crippen molar-refractivity contribution in [2.24, 2.45) is 0 Å². The van der Waals surface area contributed by atoms with Gasteiger partial charge in [0.15, 0.2) is 17.3 Å². The van der Waals surface area contributed by atoms with Crippen molar-refractivity contribution in [3.05, 3.63) is 35.4 Å². The van der Waals surface area contributed by atoms with Gasteiger partial charge in [-0.05, 0) is 43.5 Å². The number of aromatic hydroxyl groups is 1. The van der Waals surface area contributed by atoms with Gasteiger partial charge in [-0.3, -0.25) is 0 Å². The maximum atomic E-state index is 9.79. The summed E-state index contributed by atoms with van der Waals surface area (Å²) in [5.41, 5.74) is 1.24. The number of nitriles is 1. The van der Waals surface area contributed by atoms with Gasteiger partial charge in [0.1, 0.15) is 11.9 Å². The van der Waals surface area contributed by atoms with E-state index in [4.69, 9.17) is 4.74 Å². The minimum atomic E-state index is 0.0869. The molecule has 0 aliphatic carbocycles. The number of fused-ring (bicyclic) bond motifs is 1. The molecule has 124 valence electrons. The van der Waals surface area contributed by atoms with Gasteiger partial charge in [-0.2, -0.15) is 5.26 Å². The molecule has 0 radical (unpaired) electrons. The Labute approximate surface area is 141 Å². The molecule has 1 aliphatic rings. The van der Waals surface area contributed by atoms with Gasteiger partial charge in [0.2, 0.25) is 0 Å². The summed E-state index contributed by atoms with van der Waals surface area (Å²) in [4.78, 5) is 0. The number of aromatic nitrogens is 3. The van der Waals surface area contributed by atoms with Crippen LogP contribution in [0.1, 0.15) is 43.4 Å². The lowest BCUT2D eigenvalue weighted by Gasteiger charge is -2.08. The van der Waals surface area contributed by atoms with Gasteiger partial charge in [-0.25, -0.2) is 0 Å². The zero-order chi connectivity index (χ0) is 16.9. The van der Waals surface area contributed by atoms with Crippen LogP contribution in [0.15, 0.2) is 18.2 Å². The number of allylic oxidation sites excluding steroid dienone is 1. The zero-order valence-corrected chi connectivity index (χ0v) is 13.7. The van der Waals surface area contributed by atoms with E-state index in [2.05, 4.69) is 16.3 Å². The van der Waals surface area contributed by atoms with E-state index >= 15 is 0 Å². The van der Waals surface area contributed by atoms with Gasteiger partial charge in [0.05, 0.1) is 12.2 Å². The van der Waals surface area contributed by atoms with E-state index in [0.29, 0.717) is 23.8 Å². The third kappa shape index (κ3) is 3.25. The maximum absolute atomic E-state index is 9.79. The summed E-state index contributed by atoms with van der Waals surface area (Å²) in [5, 5.41) is 27.8. The largest absolute Gasteiger partial charge is 0.504 e. The van der Waals surface area contributed by atoms with Crippen molar-refractivity contribution in [1.82, 2.24) is 14.8 Å². The van der Waals surface area contributed by atoms with Crippen LogP contribution >= 0.6 is 0 Å². The van der Waals surface area contributed by atoms with Gasteiger partial charge >= 0.3 is 0 Å². The van der Waals surface area contributed by atoms with Crippen LogP contribution in [-0.2, 0) is 13.0 Å². The quantitative estimate of drug-likeness (QED) is 0.873. The molecular weight excluding hydrogens is 304 g/mol. The number of ether oxygens (including phenoxy) is 1. The van der Waals surface area contributed by atoms with E-state index in [9.17, 15) is 10.4 Å². The Morgan fingerprint density at radius 3 is 3.04 bits per heavy atom. The molecule has 0 atom stereocenters. The van der Waals surface area contributed by atoms with E-state index in [1.54, 1.807) is 24.3 Å². The third-order valence-electron chi connectivity index (χ3n) is 4.07. The predicted molar refractivity (Wildman–Crippen MR) is 90.3 cm³/mol. The van der Waals surface area contributed by atoms with E-state index < -0.39 is 0 Å².